The van der Waals surface area contributed by atoms with Crippen molar-refractivity contribution in [2.45, 2.75) is 64.5 Å². The molecule has 0 bridgehead atoms. The second-order valence-corrected chi connectivity index (χ2v) is 10.5. The maximum absolute atomic E-state index is 13.6. The molecule has 5 rings (SSSR count). The topological polar surface area (TPSA) is 47.3 Å². The summed E-state index contributed by atoms with van der Waals surface area (Å²) in [6.07, 6.45) is 4.09. The number of rotatable bonds is 3. The van der Waals surface area contributed by atoms with Gasteiger partial charge < -0.3 is 4.90 Å². The van der Waals surface area contributed by atoms with Crippen molar-refractivity contribution in [3.63, 3.8) is 0 Å². The van der Waals surface area contributed by atoms with Crippen LogP contribution in [0.3, 0.4) is 0 Å². The first kappa shape index (κ1) is 21.9. The van der Waals surface area contributed by atoms with Crippen LogP contribution in [0.5, 0.6) is 0 Å². The van der Waals surface area contributed by atoms with E-state index in [2.05, 4.69) is 55.7 Å². The fourth-order valence-electron chi connectivity index (χ4n) is 5.76. The van der Waals surface area contributed by atoms with Crippen molar-refractivity contribution in [2.75, 3.05) is 24.5 Å². The number of nitrogens with zero attached hydrogens (tertiary/aromatic N) is 3. The number of carbonyl (C=O) groups excluding carboxylic acids is 1. The molecule has 2 fully saturated rings. The van der Waals surface area contributed by atoms with Crippen LogP contribution in [-0.2, 0) is 5.41 Å². The lowest BCUT2D eigenvalue weighted by molar-refractivity contribution is 0.104. The lowest BCUT2D eigenvalue weighted by Crippen LogP contribution is -2.56. The number of ketones is 1. The summed E-state index contributed by atoms with van der Waals surface area (Å²) in [4.78, 5) is 18.8. The average Bonchev–Trinajstić information content (AvgIpc) is 2.77. The first-order valence-corrected chi connectivity index (χ1v) is 12.2. The molecule has 4 nitrogen and oxygen atoms in total. The summed E-state index contributed by atoms with van der Waals surface area (Å²) < 4.78 is 0. The number of nitriles is 1. The molecule has 0 radical (unpaired) electrons. The number of hydrogen-bond acceptors (Lipinski definition) is 4. The van der Waals surface area contributed by atoms with Gasteiger partial charge in [-0.25, -0.2) is 0 Å². The normalized spacial score (nSPS) is 23.2. The first-order chi connectivity index (χ1) is 15.8. The van der Waals surface area contributed by atoms with E-state index >= 15 is 0 Å². The zero-order chi connectivity index (χ0) is 23.3. The van der Waals surface area contributed by atoms with Gasteiger partial charge >= 0.3 is 0 Å². The molecule has 0 N–H and O–H groups in total. The molecule has 1 aliphatic heterocycles. The highest BCUT2D eigenvalue weighted by molar-refractivity contribution is 6.31. The molecule has 4 heteroatoms. The van der Waals surface area contributed by atoms with Gasteiger partial charge in [-0.3, -0.25) is 9.69 Å². The summed E-state index contributed by atoms with van der Waals surface area (Å²) in [5.41, 5.74) is 6.25. The second kappa shape index (κ2) is 8.15. The van der Waals surface area contributed by atoms with Crippen LogP contribution in [0.2, 0.25) is 0 Å². The molecule has 0 spiro atoms. The summed E-state index contributed by atoms with van der Waals surface area (Å²) in [6, 6.07) is 17.2. The molecule has 2 aromatic rings. The van der Waals surface area contributed by atoms with E-state index < -0.39 is 0 Å². The molecule has 0 aromatic heterocycles. The zero-order valence-corrected chi connectivity index (χ0v) is 20.2. The van der Waals surface area contributed by atoms with E-state index in [1.807, 2.05) is 18.2 Å². The molecule has 0 amide bonds. The molecule has 1 saturated carbocycles. The monoisotopic (exact) mass is 439 g/mol. The van der Waals surface area contributed by atoms with E-state index in [9.17, 15) is 4.79 Å². The molecule has 2 aromatic carbocycles. The Morgan fingerprint density at radius 1 is 1.06 bits per heavy atom. The fraction of sp³-hybridized carbons (Fsp3) is 0.448. The van der Waals surface area contributed by atoms with Crippen molar-refractivity contribution in [3.05, 3.63) is 70.3 Å². The Morgan fingerprint density at radius 2 is 1.79 bits per heavy atom. The van der Waals surface area contributed by atoms with Crippen molar-refractivity contribution in [1.29, 1.82) is 5.26 Å². The van der Waals surface area contributed by atoms with Crippen LogP contribution >= 0.6 is 0 Å². The van der Waals surface area contributed by atoms with Gasteiger partial charge in [-0.15, -0.1) is 0 Å². The lowest BCUT2D eigenvalue weighted by atomic mass is 9.67. The van der Waals surface area contributed by atoms with E-state index in [-0.39, 0.29) is 11.2 Å². The van der Waals surface area contributed by atoms with Gasteiger partial charge in [0.2, 0.25) is 0 Å². The average molecular weight is 440 g/mol. The largest absolute Gasteiger partial charge is 0.366 e. The van der Waals surface area contributed by atoms with E-state index in [4.69, 9.17) is 5.26 Å². The number of hydrogen-bond donors (Lipinski definition) is 0. The predicted molar refractivity (Wildman–Crippen MR) is 134 cm³/mol. The third-order valence-corrected chi connectivity index (χ3v) is 8.35. The van der Waals surface area contributed by atoms with Crippen LogP contribution in [0.1, 0.15) is 74.0 Å². The zero-order valence-electron chi connectivity index (χ0n) is 20.2. The molecule has 1 heterocycles. The number of anilines is 1. The number of Topliss-reactive ketones (excluding diaryl/α,β-unsaturated/α-hetero) is 1. The summed E-state index contributed by atoms with van der Waals surface area (Å²) in [5.74, 6) is 0.0842. The van der Waals surface area contributed by atoms with Crippen molar-refractivity contribution in [3.8, 4) is 6.07 Å². The van der Waals surface area contributed by atoms with Crippen molar-refractivity contribution >= 4 is 17.0 Å². The van der Waals surface area contributed by atoms with Gasteiger partial charge in [0, 0.05) is 54.0 Å². The smallest absolute Gasteiger partial charge is 0.193 e. The molecule has 170 valence electrons. The number of benzene rings is 2. The van der Waals surface area contributed by atoms with Gasteiger partial charge in [0.05, 0.1) is 11.6 Å². The van der Waals surface area contributed by atoms with Gasteiger partial charge in [0.1, 0.15) is 0 Å². The molecular weight excluding hydrogens is 406 g/mol. The minimum absolute atomic E-state index is 0.0842. The number of piperazine rings is 1. The fourth-order valence-corrected chi connectivity index (χ4v) is 5.76. The standard InChI is InChI=1S/C29H33N3O/c1-19-18-31(23-6-5-7-23)14-15-32(19)24-12-13-25-26(16-24)29(3,4)20(2)27(28(25)33)22-10-8-21(17-30)9-11-22/h8-13,16,19,23H,5-7,14-15,18H2,1-4H3/t19-/m0/s1. The Kier molecular flexibility index (Phi) is 5.41. The minimum atomic E-state index is -0.251. The number of carbonyl (C=O) groups is 1. The Bertz CT molecular complexity index is 1160. The van der Waals surface area contributed by atoms with Crippen LogP contribution in [0, 0.1) is 11.3 Å². The Labute approximate surface area is 197 Å². The molecule has 2 aliphatic carbocycles. The minimum Gasteiger partial charge on any atom is -0.366 e. The number of allylic oxidation sites excluding steroid dienone is 2. The van der Waals surface area contributed by atoms with Gasteiger partial charge in [-0.1, -0.05) is 38.0 Å². The van der Waals surface area contributed by atoms with Gasteiger partial charge in [0.15, 0.2) is 5.78 Å². The molecule has 0 unspecified atom stereocenters. The molecule has 33 heavy (non-hydrogen) atoms. The highest BCUT2D eigenvalue weighted by Gasteiger charge is 2.38. The summed E-state index contributed by atoms with van der Waals surface area (Å²) in [5, 5.41) is 9.13. The summed E-state index contributed by atoms with van der Waals surface area (Å²) >= 11 is 0. The van der Waals surface area contributed by atoms with Crippen LogP contribution in [0.4, 0.5) is 5.69 Å². The maximum Gasteiger partial charge on any atom is 0.193 e. The predicted octanol–water partition coefficient (Wildman–Crippen LogP) is 5.57. The quantitative estimate of drug-likeness (QED) is 0.627. The van der Waals surface area contributed by atoms with E-state index in [0.717, 1.165) is 53.5 Å². The van der Waals surface area contributed by atoms with Crippen molar-refractivity contribution in [1.82, 2.24) is 4.90 Å². The third kappa shape index (κ3) is 3.60. The van der Waals surface area contributed by atoms with Crippen molar-refractivity contribution < 1.29 is 4.79 Å². The van der Waals surface area contributed by atoms with E-state index in [0.29, 0.717) is 11.6 Å². The molecular formula is C29H33N3O. The highest BCUT2D eigenvalue weighted by Crippen LogP contribution is 2.45. The Balaban J connectivity index is 1.47. The van der Waals surface area contributed by atoms with Crippen LogP contribution < -0.4 is 4.90 Å². The van der Waals surface area contributed by atoms with E-state index in [1.165, 1.54) is 24.9 Å². The number of fused-ring (bicyclic) bond motifs is 1. The van der Waals surface area contributed by atoms with E-state index in [1.54, 1.807) is 12.1 Å². The second-order valence-electron chi connectivity index (χ2n) is 10.5. The Morgan fingerprint density at radius 3 is 2.39 bits per heavy atom. The van der Waals surface area contributed by atoms with Gasteiger partial charge in [-0.2, -0.15) is 5.26 Å². The van der Waals surface area contributed by atoms with Gasteiger partial charge in [0.25, 0.3) is 0 Å². The lowest BCUT2D eigenvalue weighted by Gasteiger charge is -2.47. The van der Waals surface area contributed by atoms with Crippen LogP contribution in [-0.4, -0.2) is 42.4 Å². The molecule has 1 atom stereocenters. The van der Waals surface area contributed by atoms with Crippen LogP contribution in [0.25, 0.3) is 5.57 Å². The maximum atomic E-state index is 13.6. The SMILES string of the molecule is CC1=C(c2ccc(C#N)cc2)C(=O)c2ccc(N3CCN(C4CCC4)C[C@@H]3C)cc2C1(C)C. The van der Waals surface area contributed by atoms with Gasteiger partial charge in [-0.05, 0) is 68.1 Å². The van der Waals surface area contributed by atoms with Crippen molar-refractivity contribution in [2.24, 2.45) is 0 Å². The third-order valence-electron chi connectivity index (χ3n) is 8.35. The molecule has 1 saturated heterocycles. The van der Waals surface area contributed by atoms with Crippen LogP contribution in [0.15, 0.2) is 48.0 Å². The molecule has 3 aliphatic rings. The Hall–Kier alpha value is -2.90. The first-order valence-electron chi connectivity index (χ1n) is 12.2. The summed E-state index contributed by atoms with van der Waals surface area (Å²) in [7, 11) is 0. The highest BCUT2D eigenvalue weighted by atomic mass is 16.1. The summed E-state index contributed by atoms with van der Waals surface area (Å²) in [6.45, 7) is 12.1.